The van der Waals surface area contributed by atoms with Gasteiger partial charge in [0, 0.05) is 30.7 Å². The highest BCUT2D eigenvalue weighted by atomic mass is 16.5. The van der Waals surface area contributed by atoms with Crippen LogP contribution in [0.1, 0.15) is 41.6 Å². The Labute approximate surface area is 195 Å². The zero-order chi connectivity index (χ0) is 23.1. The number of benzene rings is 3. The first-order valence-electron chi connectivity index (χ1n) is 11.8. The number of phenols is 1. The summed E-state index contributed by atoms with van der Waals surface area (Å²) in [7, 11) is 3.95. The van der Waals surface area contributed by atoms with Gasteiger partial charge in [0.25, 0.3) is 5.91 Å². The van der Waals surface area contributed by atoms with Gasteiger partial charge in [0.05, 0.1) is 5.60 Å². The predicted octanol–water partition coefficient (Wildman–Crippen LogP) is 4.49. The van der Waals surface area contributed by atoms with Crippen LogP contribution >= 0.6 is 0 Å². The molecule has 0 unspecified atom stereocenters. The Balaban J connectivity index is 1.45. The lowest BCUT2D eigenvalue weighted by molar-refractivity contribution is -0.144. The summed E-state index contributed by atoms with van der Waals surface area (Å²) >= 11 is 0. The van der Waals surface area contributed by atoms with Crippen LogP contribution in [0, 0.1) is 0 Å². The van der Waals surface area contributed by atoms with E-state index >= 15 is 0 Å². The van der Waals surface area contributed by atoms with Gasteiger partial charge in [-0.15, -0.1) is 0 Å². The van der Waals surface area contributed by atoms with E-state index in [1.165, 1.54) is 0 Å². The monoisotopic (exact) mass is 444 g/mol. The molecule has 33 heavy (non-hydrogen) atoms. The van der Waals surface area contributed by atoms with Gasteiger partial charge in [-0.2, -0.15) is 0 Å². The van der Waals surface area contributed by atoms with Crippen molar-refractivity contribution in [3.8, 4) is 5.75 Å². The summed E-state index contributed by atoms with van der Waals surface area (Å²) < 4.78 is 6.30. The van der Waals surface area contributed by atoms with Gasteiger partial charge in [-0.1, -0.05) is 42.5 Å². The molecule has 1 amide bonds. The molecule has 1 aliphatic heterocycles. The first-order chi connectivity index (χ1) is 15.9. The Bertz CT molecular complexity index is 1180. The molecule has 3 aromatic carbocycles. The lowest BCUT2D eigenvalue weighted by Gasteiger charge is -2.59. The van der Waals surface area contributed by atoms with Gasteiger partial charge in [-0.3, -0.25) is 4.79 Å². The number of carbonyl (C=O) groups excluding carboxylic acids is 1. The fourth-order valence-electron chi connectivity index (χ4n) is 6.23. The molecule has 1 aliphatic carbocycles. The van der Waals surface area contributed by atoms with Gasteiger partial charge in [-0.25, -0.2) is 0 Å². The number of ether oxygens (including phenoxy) is 1. The number of amides is 1. The highest BCUT2D eigenvalue weighted by Gasteiger charge is 2.58. The summed E-state index contributed by atoms with van der Waals surface area (Å²) in [6, 6.07) is 21.6. The molecule has 1 saturated carbocycles. The molecule has 0 spiro atoms. The minimum absolute atomic E-state index is 0.0327. The van der Waals surface area contributed by atoms with Crippen molar-refractivity contribution in [3.63, 3.8) is 0 Å². The molecule has 0 aromatic heterocycles. The van der Waals surface area contributed by atoms with E-state index in [0.717, 1.165) is 55.1 Å². The number of hydrogen-bond donors (Lipinski definition) is 2. The number of fused-ring (bicyclic) bond motifs is 2. The van der Waals surface area contributed by atoms with Crippen molar-refractivity contribution in [1.29, 1.82) is 0 Å². The number of nitrogens with zero attached hydrogens (tertiary/aromatic N) is 1. The van der Waals surface area contributed by atoms with E-state index in [1.54, 1.807) is 6.07 Å². The van der Waals surface area contributed by atoms with E-state index in [0.29, 0.717) is 5.56 Å². The Morgan fingerprint density at radius 1 is 1.06 bits per heavy atom. The summed E-state index contributed by atoms with van der Waals surface area (Å²) in [6.45, 7) is 1.79. The fraction of sp³-hybridized carbons (Fsp3) is 0.393. The summed E-state index contributed by atoms with van der Waals surface area (Å²) in [6.07, 6.45) is 3.42. The SMILES string of the molecule is CO[C@]12CC[C@@H](NC(=O)c3ccc4ccccc4c3)C[C@]1(c1cccc(O)c1)CCN(C)C2. The van der Waals surface area contributed by atoms with Crippen molar-refractivity contribution in [3.05, 3.63) is 77.9 Å². The molecule has 172 valence electrons. The largest absolute Gasteiger partial charge is 0.508 e. The van der Waals surface area contributed by atoms with E-state index in [4.69, 9.17) is 4.74 Å². The number of hydrogen-bond acceptors (Lipinski definition) is 4. The standard InChI is InChI=1S/C28H32N2O3/c1-30-15-14-27(23-8-5-9-25(31)17-23)18-24(12-13-28(27,19-30)33-2)29-26(32)22-11-10-20-6-3-4-7-21(20)16-22/h3-11,16-17,24,31H,12-15,18-19H2,1-2H3,(H,29,32)/t24-,27+,28+/m1/s1. The molecule has 2 fully saturated rings. The second-order valence-electron chi connectivity index (χ2n) is 9.79. The fourth-order valence-corrected chi connectivity index (χ4v) is 6.23. The molecule has 1 heterocycles. The summed E-state index contributed by atoms with van der Waals surface area (Å²) in [5.74, 6) is 0.239. The molecule has 5 heteroatoms. The maximum Gasteiger partial charge on any atom is 0.251 e. The number of piperidine rings is 1. The zero-order valence-electron chi connectivity index (χ0n) is 19.4. The molecule has 3 atom stereocenters. The first kappa shape index (κ1) is 21.9. The van der Waals surface area contributed by atoms with Crippen molar-refractivity contribution in [2.24, 2.45) is 0 Å². The van der Waals surface area contributed by atoms with Crippen LogP contribution in [0.3, 0.4) is 0 Å². The number of nitrogens with one attached hydrogen (secondary N) is 1. The number of phenolic OH excluding ortho intramolecular Hbond substituents is 1. The van der Waals surface area contributed by atoms with Crippen LogP contribution in [-0.2, 0) is 10.2 Å². The summed E-state index contributed by atoms with van der Waals surface area (Å²) in [5, 5.41) is 15.8. The maximum atomic E-state index is 13.2. The Hall–Kier alpha value is -2.89. The van der Waals surface area contributed by atoms with Crippen LogP contribution in [-0.4, -0.2) is 54.8 Å². The van der Waals surface area contributed by atoms with Gasteiger partial charge in [0.2, 0.25) is 0 Å². The Morgan fingerprint density at radius 2 is 1.88 bits per heavy atom. The lowest BCUT2D eigenvalue weighted by atomic mass is 9.55. The average molecular weight is 445 g/mol. The van der Waals surface area contributed by atoms with Gasteiger partial charge in [0.1, 0.15) is 5.75 Å². The van der Waals surface area contributed by atoms with Crippen molar-refractivity contribution < 1.29 is 14.6 Å². The third-order valence-corrected chi connectivity index (χ3v) is 7.95. The number of carbonyl (C=O) groups is 1. The highest BCUT2D eigenvalue weighted by Crippen LogP contribution is 2.53. The number of rotatable bonds is 4. The van der Waals surface area contributed by atoms with Crippen LogP contribution in [0.4, 0.5) is 0 Å². The van der Waals surface area contributed by atoms with Crippen LogP contribution in [0.5, 0.6) is 5.75 Å². The lowest BCUT2D eigenvalue weighted by Crippen LogP contribution is -2.67. The highest BCUT2D eigenvalue weighted by molar-refractivity contribution is 5.98. The predicted molar refractivity (Wildman–Crippen MR) is 131 cm³/mol. The van der Waals surface area contributed by atoms with Gasteiger partial charge < -0.3 is 20.1 Å². The maximum absolute atomic E-state index is 13.2. The number of likely N-dealkylation sites (tertiary alicyclic amines) is 1. The van der Waals surface area contributed by atoms with Gasteiger partial charge in [-0.05, 0) is 79.9 Å². The average Bonchev–Trinajstić information content (AvgIpc) is 2.83. The van der Waals surface area contributed by atoms with Crippen LogP contribution < -0.4 is 5.32 Å². The van der Waals surface area contributed by atoms with Gasteiger partial charge in [0.15, 0.2) is 0 Å². The molecule has 2 N–H and O–H groups in total. The topological polar surface area (TPSA) is 61.8 Å². The van der Waals surface area contributed by atoms with E-state index in [9.17, 15) is 9.90 Å². The first-order valence-corrected chi connectivity index (χ1v) is 11.8. The van der Waals surface area contributed by atoms with Crippen LogP contribution in [0.2, 0.25) is 0 Å². The van der Waals surface area contributed by atoms with E-state index in [1.807, 2.05) is 55.6 Å². The molecular weight excluding hydrogens is 412 g/mol. The zero-order valence-corrected chi connectivity index (χ0v) is 19.4. The summed E-state index contributed by atoms with van der Waals surface area (Å²) in [4.78, 5) is 15.6. The second-order valence-corrected chi connectivity index (χ2v) is 9.79. The van der Waals surface area contributed by atoms with E-state index < -0.39 is 0 Å². The third-order valence-electron chi connectivity index (χ3n) is 7.95. The smallest absolute Gasteiger partial charge is 0.251 e. The van der Waals surface area contributed by atoms with E-state index in [-0.39, 0.29) is 28.7 Å². The molecule has 2 aliphatic rings. The number of likely N-dealkylation sites (N-methyl/N-ethyl adjacent to an activating group) is 1. The normalized spacial score (nSPS) is 27.8. The molecule has 5 nitrogen and oxygen atoms in total. The van der Waals surface area contributed by atoms with Crippen LogP contribution in [0.25, 0.3) is 10.8 Å². The quantitative estimate of drug-likeness (QED) is 0.623. The van der Waals surface area contributed by atoms with Crippen molar-refractivity contribution in [1.82, 2.24) is 10.2 Å². The minimum Gasteiger partial charge on any atom is -0.508 e. The van der Waals surface area contributed by atoms with Crippen molar-refractivity contribution in [2.45, 2.75) is 42.7 Å². The molecule has 3 aromatic rings. The number of methoxy groups -OCH3 is 1. The minimum atomic E-state index is -0.349. The Kier molecular flexibility index (Phi) is 5.63. The number of aromatic hydroxyl groups is 1. The molecule has 1 saturated heterocycles. The van der Waals surface area contributed by atoms with Crippen molar-refractivity contribution >= 4 is 16.7 Å². The third kappa shape index (κ3) is 3.79. The van der Waals surface area contributed by atoms with Crippen molar-refractivity contribution in [2.75, 3.05) is 27.2 Å². The summed E-state index contributed by atoms with van der Waals surface area (Å²) in [5.41, 5.74) is 1.17. The molecule has 5 rings (SSSR count). The molecule has 0 radical (unpaired) electrons. The van der Waals surface area contributed by atoms with Crippen LogP contribution in [0.15, 0.2) is 66.7 Å². The molecular formula is C28H32N2O3. The van der Waals surface area contributed by atoms with E-state index in [2.05, 4.69) is 29.4 Å². The Morgan fingerprint density at radius 3 is 2.67 bits per heavy atom. The second kappa shape index (κ2) is 8.47. The molecule has 0 bridgehead atoms. The van der Waals surface area contributed by atoms with Gasteiger partial charge >= 0.3 is 0 Å².